The zero-order valence-corrected chi connectivity index (χ0v) is 14.1. The number of carbonyl (C=O) groups excluding carboxylic acids is 1. The molecule has 0 spiro atoms. The lowest BCUT2D eigenvalue weighted by Crippen LogP contribution is -2.41. The molecule has 2 aliphatic rings. The van der Waals surface area contributed by atoms with Gasteiger partial charge in [-0.3, -0.25) is 9.59 Å². The number of piperidine rings is 1. The van der Waals surface area contributed by atoms with Gasteiger partial charge in [-0.2, -0.15) is 5.10 Å². The van der Waals surface area contributed by atoms with Crippen LogP contribution in [-0.2, 0) is 11.2 Å². The summed E-state index contributed by atoms with van der Waals surface area (Å²) >= 11 is 0. The van der Waals surface area contributed by atoms with Crippen LogP contribution in [0.1, 0.15) is 36.4 Å². The van der Waals surface area contributed by atoms with Gasteiger partial charge in [0, 0.05) is 25.1 Å². The van der Waals surface area contributed by atoms with Crippen LogP contribution in [0.2, 0.25) is 0 Å². The van der Waals surface area contributed by atoms with Crippen LogP contribution in [0.4, 0.5) is 5.69 Å². The summed E-state index contributed by atoms with van der Waals surface area (Å²) in [5, 5.41) is 9.48. The third-order valence-electron chi connectivity index (χ3n) is 5.33. The number of aromatic amines is 1. The number of carbonyl (C=O) groups is 1. The van der Waals surface area contributed by atoms with E-state index in [1.165, 1.54) is 11.1 Å². The lowest BCUT2D eigenvalue weighted by molar-refractivity contribution is -0.126. The van der Waals surface area contributed by atoms with E-state index in [2.05, 4.69) is 38.6 Å². The first-order chi connectivity index (χ1) is 12.2. The first-order valence-electron chi connectivity index (χ1n) is 8.88. The van der Waals surface area contributed by atoms with E-state index >= 15 is 0 Å². The van der Waals surface area contributed by atoms with Crippen LogP contribution in [0.25, 0.3) is 0 Å². The Kier molecular flexibility index (Phi) is 4.26. The van der Waals surface area contributed by atoms with Crippen molar-refractivity contribution >= 4 is 11.6 Å². The van der Waals surface area contributed by atoms with Crippen molar-refractivity contribution in [2.75, 3.05) is 18.0 Å². The Labute approximate surface area is 146 Å². The van der Waals surface area contributed by atoms with E-state index in [0.717, 1.165) is 44.5 Å². The number of fused-ring (bicyclic) bond motifs is 1. The normalized spacial score (nSPS) is 20.3. The Hall–Kier alpha value is -2.63. The Morgan fingerprint density at radius 1 is 1.20 bits per heavy atom. The minimum atomic E-state index is -0.197. The largest absolute Gasteiger partial charge is 0.370 e. The van der Waals surface area contributed by atoms with Crippen LogP contribution in [0, 0.1) is 5.92 Å². The highest BCUT2D eigenvalue weighted by molar-refractivity contribution is 5.79. The number of aryl methyl sites for hydroxylation is 1. The monoisotopic (exact) mass is 338 g/mol. The number of benzene rings is 1. The molecule has 1 aliphatic heterocycles. The molecule has 1 aliphatic carbocycles. The van der Waals surface area contributed by atoms with Gasteiger partial charge in [0.2, 0.25) is 5.91 Å². The molecule has 1 aromatic heterocycles. The van der Waals surface area contributed by atoms with Crippen molar-refractivity contribution < 1.29 is 4.79 Å². The molecule has 0 radical (unpaired) electrons. The van der Waals surface area contributed by atoms with Crippen LogP contribution < -0.4 is 15.8 Å². The van der Waals surface area contributed by atoms with Crippen LogP contribution >= 0.6 is 0 Å². The van der Waals surface area contributed by atoms with Gasteiger partial charge < -0.3 is 10.2 Å². The predicted molar refractivity (Wildman–Crippen MR) is 95.4 cm³/mol. The summed E-state index contributed by atoms with van der Waals surface area (Å²) in [6.07, 6.45) is 5.29. The number of aromatic nitrogens is 2. The van der Waals surface area contributed by atoms with Gasteiger partial charge in [-0.15, -0.1) is 0 Å². The number of nitrogens with one attached hydrogen (secondary N) is 2. The van der Waals surface area contributed by atoms with Gasteiger partial charge in [-0.1, -0.05) is 24.3 Å². The number of nitrogens with zero attached hydrogens (tertiary/aromatic N) is 2. The lowest BCUT2D eigenvalue weighted by atomic mass is 9.95. The number of rotatable bonds is 3. The summed E-state index contributed by atoms with van der Waals surface area (Å²) in [5.74, 6) is 0.198. The molecule has 0 bridgehead atoms. The average molecular weight is 338 g/mol. The van der Waals surface area contributed by atoms with E-state index in [9.17, 15) is 9.59 Å². The number of H-pyrrole nitrogens is 1. The van der Waals surface area contributed by atoms with Crippen molar-refractivity contribution in [3.05, 3.63) is 58.0 Å². The molecular formula is C19H22N4O2. The van der Waals surface area contributed by atoms with Crippen LogP contribution in [-0.4, -0.2) is 29.2 Å². The van der Waals surface area contributed by atoms with E-state index in [4.69, 9.17) is 0 Å². The summed E-state index contributed by atoms with van der Waals surface area (Å²) in [6, 6.07) is 10.1. The molecule has 0 saturated carbocycles. The van der Waals surface area contributed by atoms with Crippen molar-refractivity contribution in [1.82, 2.24) is 15.5 Å². The summed E-state index contributed by atoms with van der Waals surface area (Å²) in [7, 11) is 0. The minimum Gasteiger partial charge on any atom is -0.370 e. The number of amides is 1. The molecule has 2 N–H and O–H groups in total. The highest BCUT2D eigenvalue weighted by Gasteiger charge is 2.29. The summed E-state index contributed by atoms with van der Waals surface area (Å²) in [4.78, 5) is 26.2. The maximum atomic E-state index is 12.7. The minimum absolute atomic E-state index is 0.0407. The number of hydrogen-bond donors (Lipinski definition) is 2. The molecule has 1 unspecified atom stereocenters. The van der Waals surface area contributed by atoms with Gasteiger partial charge >= 0.3 is 0 Å². The Bertz CT molecular complexity index is 824. The molecule has 4 rings (SSSR count). The third-order valence-corrected chi connectivity index (χ3v) is 5.33. The zero-order valence-electron chi connectivity index (χ0n) is 14.1. The second-order valence-corrected chi connectivity index (χ2v) is 6.86. The number of hydrogen-bond acceptors (Lipinski definition) is 4. The standard InChI is InChI=1S/C19H22N4O2/c24-18-11-15(12-20-22-18)23-9-7-14(8-10-23)19(25)21-17-6-5-13-3-1-2-4-16(13)17/h1-4,11-12,14,17H,5-10H2,(H,21,25)(H,22,24). The fourth-order valence-corrected chi connectivity index (χ4v) is 3.94. The average Bonchev–Trinajstić information content (AvgIpc) is 3.05. The SMILES string of the molecule is O=C(NC1CCc2ccccc21)C1CCN(c2cn[nH]c(=O)c2)CC1. The van der Waals surface area contributed by atoms with E-state index < -0.39 is 0 Å². The van der Waals surface area contributed by atoms with Crippen molar-refractivity contribution in [1.29, 1.82) is 0 Å². The van der Waals surface area contributed by atoms with E-state index in [0.29, 0.717) is 0 Å². The Morgan fingerprint density at radius 2 is 2.00 bits per heavy atom. The second kappa shape index (κ2) is 6.70. The summed E-state index contributed by atoms with van der Waals surface area (Å²) in [6.45, 7) is 1.54. The van der Waals surface area contributed by atoms with Crippen LogP contribution in [0.15, 0.2) is 41.3 Å². The highest BCUT2D eigenvalue weighted by atomic mass is 16.2. The molecule has 130 valence electrons. The third kappa shape index (κ3) is 3.29. The van der Waals surface area contributed by atoms with Gasteiger partial charge in [0.25, 0.3) is 5.56 Å². The van der Waals surface area contributed by atoms with Gasteiger partial charge in [0.05, 0.1) is 17.9 Å². The molecule has 2 heterocycles. The fraction of sp³-hybridized carbons (Fsp3) is 0.421. The molecule has 6 nitrogen and oxygen atoms in total. The molecule has 1 atom stereocenters. The maximum absolute atomic E-state index is 12.7. The van der Waals surface area contributed by atoms with Gasteiger partial charge in [0.15, 0.2) is 0 Å². The van der Waals surface area contributed by atoms with Crippen LogP contribution in [0.5, 0.6) is 0 Å². The highest BCUT2D eigenvalue weighted by Crippen LogP contribution is 2.31. The molecular weight excluding hydrogens is 316 g/mol. The fourth-order valence-electron chi connectivity index (χ4n) is 3.94. The Morgan fingerprint density at radius 3 is 2.80 bits per heavy atom. The molecule has 25 heavy (non-hydrogen) atoms. The van der Waals surface area contributed by atoms with Gasteiger partial charge in [-0.25, -0.2) is 5.10 Å². The van der Waals surface area contributed by atoms with Crippen molar-refractivity contribution in [2.24, 2.45) is 5.92 Å². The van der Waals surface area contributed by atoms with Crippen molar-refractivity contribution in [3.63, 3.8) is 0 Å². The summed E-state index contributed by atoms with van der Waals surface area (Å²) < 4.78 is 0. The maximum Gasteiger partial charge on any atom is 0.266 e. The molecule has 1 aromatic carbocycles. The molecule has 1 saturated heterocycles. The number of anilines is 1. The van der Waals surface area contributed by atoms with Crippen LogP contribution in [0.3, 0.4) is 0 Å². The van der Waals surface area contributed by atoms with Gasteiger partial charge in [-0.05, 0) is 36.8 Å². The molecule has 1 fully saturated rings. The van der Waals surface area contributed by atoms with Gasteiger partial charge in [0.1, 0.15) is 0 Å². The smallest absolute Gasteiger partial charge is 0.266 e. The predicted octanol–water partition coefficient (Wildman–Crippen LogP) is 1.79. The lowest BCUT2D eigenvalue weighted by Gasteiger charge is -2.33. The van der Waals surface area contributed by atoms with Crippen molar-refractivity contribution in [3.8, 4) is 0 Å². The second-order valence-electron chi connectivity index (χ2n) is 6.86. The first kappa shape index (κ1) is 15.9. The van der Waals surface area contributed by atoms with E-state index in [1.807, 2.05) is 6.07 Å². The molecule has 6 heteroatoms. The summed E-state index contributed by atoms with van der Waals surface area (Å²) in [5.41, 5.74) is 3.25. The zero-order chi connectivity index (χ0) is 17.2. The Balaban J connectivity index is 1.35. The van der Waals surface area contributed by atoms with E-state index in [1.54, 1.807) is 12.3 Å². The van der Waals surface area contributed by atoms with Crippen molar-refractivity contribution in [2.45, 2.75) is 31.7 Å². The topological polar surface area (TPSA) is 78.1 Å². The quantitative estimate of drug-likeness (QED) is 0.894. The van der Waals surface area contributed by atoms with E-state index in [-0.39, 0.29) is 23.4 Å². The molecule has 2 aromatic rings. The first-order valence-corrected chi connectivity index (χ1v) is 8.88. The molecule has 1 amide bonds.